The lowest BCUT2D eigenvalue weighted by Gasteiger charge is -2.41. The largest absolute Gasteiger partial charge is 0.481 e. The fourth-order valence-corrected chi connectivity index (χ4v) is 4.56. The molecule has 0 unspecified atom stereocenters. The lowest BCUT2D eigenvalue weighted by molar-refractivity contribution is -0.134. The Morgan fingerprint density at radius 1 is 0.944 bits per heavy atom. The number of carboxylic acids is 1. The molecular formula is C27H44N4O4S. The molecule has 0 aromatic heterocycles. The number of carbonyl (C=O) groups excluding carboxylic acids is 1. The summed E-state index contributed by atoms with van der Waals surface area (Å²) in [6.07, 6.45) is 2.02. The minimum absolute atomic E-state index is 0.225. The van der Waals surface area contributed by atoms with Gasteiger partial charge in [0, 0.05) is 69.0 Å². The molecule has 202 valence electrons. The Kier molecular flexibility index (Phi) is 10.5. The molecule has 0 spiro atoms. The number of hydrogen-bond acceptors (Lipinski definition) is 6. The topological polar surface area (TPSA) is 85.3 Å². The van der Waals surface area contributed by atoms with Crippen molar-refractivity contribution in [1.82, 2.24) is 15.1 Å². The molecule has 2 aliphatic rings. The van der Waals surface area contributed by atoms with Crippen molar-refractivity contribution in [2.45, 2.75) is 78.5 Å². The molecule has 2 aliphatic heterocycles. The van der Waals surface area contributed by atoms with Gasteiger partial charge < -0.3 is 25.0 Å². The molecule has 9 heteroatoms. The number of carboxylic acid groups (broad SMARTS) is 1. The van der Waals surface area contributed by atoms with Crippen molar-refractivity contribution < 1.29 is 19.4 Å². The van der Waals surface area contributed by atoms with Crippen molar-refractivity contribution in [3.8, 4) is 0 Å². The lowest BCUT2D eigenvalue weighted by atomic mass is 9.98. The van der Waals surface area contributed by atoms with Crippen LogP contribution in [0.25, 0.3) is 0 Å². The van der Waals surface area contributed by atoms with E-state index in [4.69, 9.17) is 26.9 Å². The molecule has 2 heterocycles. The first-order chi connectivity index (χ1) is 16.7. The summed E-state index contributed by atoms with van der Waals surface area (Å²) in [7, 11) is 0. The van der Waals surface area contributed by atoms with Crippen LogP contribution < -0.4 is 10.2 Å². The molecule has 0 aliphatic carbocycles. The van der Waals surface area contributed by atoms with Gasteiger partial charge in [0.05, 0.1) is 0 Å². The van der Waals surface area contributed by atoms with Crippen molar-refractivity contribution in [1.29, 1.82) is 0 Å². The number of rotatable bonds is 3. The van der Waals surface area contributed by atoms with E-state index >= 15 is 0 Å². The maximum Gasteiger partial charge on any atom is 0.410 e. The number of thiocarbonyl (C=S) groups is 1. The second-order valence-electron chi connectivity index (χ2n) is 11.4. The van der Waals surface area contributed by atoms with Crippen molar-refractivity contribution in [2.24, 2.45) is 0 Å². The summed E-state index contributed by atoms with van der Waals surface area (Å²) in [6.45, 7) is 18.8. The van der Waals surface area contributed by atoms with Crippen molar-refractivity contribution in [3.63, 3.8) is 0 Å². The number of amides is 1. The number of benzene rings is 1. The van der Waals surface area contributed by atoms with E-state index in [1.165, 1.54) is 5.69 Å². The highest BCUT2D eigenvalue weighted by atomic mass is 32.1. The minimum Gasteiger partial charge on any atom is -0.481 e. The summed E-state index contributed by atoms with van der Waals surface area (Å²) in [4.78, 5) is 28.7. The molecule has 0 radical (unpaired) electrons. The zero-order valence-electron chi connectivity index (χ0n) is 23.0. The molecule has 1 amide bonds. The predicted molar refractivity (Wildman–Crippen MR) is 149 cm³/mol. The summed E-state index contributed by atoms with van der Waals surface area (Å²) in [5.41, 5.74) is 2.01. The summed E-state index contributed by atoms with van der Waals surface area (Å²) in [5, 5.41) is 11.0. The van der Waals surface area contributed by atoms with E-state index in [-0.39, 0.29) is 11.6 Å². The maximum atomic E-state index is 12.3. The lowest BCUT2D eigenvalue weighted by Crippen LogP contribution is -2.50. The van der Waals surface area contributed by atoms with Crippen LogP contribution in [0, 0.1) is 0 Å². The smallest absolute Gasteiger partial charge is 0.410 e. The van der Waals surface area contributed by atoms with Gasteiger partial charge in [0.25, 0.3) is 5.97 Å². The minimum atomic E-state index is -0.833. The number of hydrogen-bond donors (Lipinski definition) is 2. The van der Waals surface area contributed by atoms with Gasteiger partial charge >= 0.3 is 6.09 Å². The molecule has 3 rings (SSSR count). The van der Waals surface area contributed by atoms with Crippen LogP contribution in [-0.2, 0) is 9.53 Å². The second kappa shape index (κ2) is 12.7. The van der Waals surface area contributed by atoms with E-state index in [9.17, 15) is 4.79 Å². The molecule has 1 aromatic rings. The number of aliphatic carboxylic acids is 1. The highest BCUT2D eigenvalue weighted by Gasteiger charge is 2.28. The average molecular weight is 521 g/mol. The van der Waals surface area contributed by atoms with Gasteiger partial charge in [-0.3, -0.25) is 9.69 Å². The first-order valence-electron chi connectivity index (χ1n) is 12.7. The van der Waals surface area contributed by atoms with E-state index < -0.39 is 11.6 Å². The number of carbonyl (C=O) groups is 2. The molecule has 1 aromatic carbocycles. The highest BCUT2D eigenvalue weighted by molar-refractivity contribution is 7.80. The Morgan fingerprint density at radius 2 is 1.44 bits per heavy atom. The van der Waals surface area contributed by atoms with Crippen LogP contribution in [-0.4, -0.2) is 88.4 Å². The van der Waals surface area contributed by atoms with E-state index in [0.717, 1.165) is 56.5 Å². The maximum absolute atomic E-state index is 12.3. The van der Waals surface area contributed by atoms with E-state index in [1.807, 2.05) is 20.8 Å². The summed E-state index contributed by atoms with van der Waals surface area (Å²) < 4.78 is 5.49. The number of nitrogens with one attached hydrogen (secondary N) is 1. The number of anilines is 1. The van der Waals surface area contributed by atoms with E-state index in [1.54, 1.807) is 4.90 Å². The molecule has 0 bridgehead atoms. The van der Waals surface area contributed by atoms with Crippen LogP contribution in [0.4, 0.5) is 10.5 Å². The molecular weight excluding hydrogens is 476 g/mol. The summed E-state index contributed by atoms with van der Waals surface area (Å²) >= 11 is 5.70. The number of ether oxygens (including phenoxy) is 1. The van der Waals surface area contributed by atoms with Gasteiger partial charge in [0.1, 0.15) is 10.6 Å². The van der Waals surface area contributed by atoms with Gasteiger partial charge in [-0.2, -0.15) is 0 Å². The van der Waals surface area contributed by atoms with Gasteiger partial charge in [-0.05, 0) is 78.6 Å². The Labute approximate surface area is 222 Å². The van der Waals surface area contributed by atoms with Gasteiger partial charge in [0.2, 0.25) is 0 Å². The average Bonchev–Trinajstić information content (AvgIpc) is 2.77. The Balaban J connectivity index is 0.00000106. The van der Waals surface area contributed by atoms with Crippen LogP contribution in [0.15, 0.2) is 24.3 Å². The van der Waals surface area contributed by atoms with Gasteiger partial charge in [-0.15, -0.1) is 0 Å². The van der Waals surface area contributed by atoms with Crippen LogP contribution >= 0.6 is 12.2 Å². The molecule has 36 heavy (non-hydrogen) atoms. The summed E-state index contributed by atoms with van der Waals surface area (Å²) in [6, 6.07) is 8.93. The van der Waals surface area contributed by atoms with Crippen molar-refractivity contribution in [2.75, 3.05) is 44.2 Å². The zero-order valence-corrected chi connectivity index (χ0v) is 23.8. The second-order valence-corrected chi connectivity index (χ2v) is 11.8. The fraction of sp³-hybridized carbons (Fsp3) is 0.667. The summed E-state index contributed by atoms with van der Waals surface area (Å²) in [5.74, 6) is -0.833. The first kappa shape index (κ1) is 29.8. The first-order valence-corrected chi connectivity index (χ1v) is 13.1. The quantitative estimate of drug-likeness (QED) is 0.569. The molecule has 8 nitrogen and oxygen atoms in total. The van der Waals surface area contributed by atoms with Gasteiger partial charge in [-0.1, -0.05) is 12.2 Å². The Bertz CT molecular complexity index is 873. The predicted octanol–water partition coefficient (Wildman–Crippen LogP) is 4.36. The highest BCUT2D eigenvalue weighted by Crippen LogP contribution is 2.22. The molecule has 2 N–H and O–H groups in total. The normalized spacial score (nSPS) is 17.6. The number of likely N-dealkylation sites (tertiary alicyclic amines) is 1. The van der Waals surface area contributed by atoms with Crippen LogP contribution in [0.5, 0.6) is 0 Å². The molecule has 0 saturated carbocycles. The van der Waals surface area contributed by atoms with Crippen LogP contribution in [0.3, 0.4) is 0 Å². The third kappa shape index (κ3) is 9.93. The molecule has 2 saturated heterocycles. The van der Waals surface area contributed by atoms with Crippen LogP contribution in [0.1, 0.15) is 66.9 Å². The molecule has 2 fully saturated rings. The SMILES string of the molecule is CC(=O)O.CC(C)(C)OC(=O)N1CCN(c2ccc(C(=S)NC3CCN(C(C)(C)C)CC3)cc2)CC1. The fourth-order valence-electron chi connectivity index (χ4n) is 4.26. The van der Waals surface area contributed by atoms with Crippen molar-refractivity contribution >= 4 is 35.0 Å². The van der Waals surface area contributed by atoms with Crippen LogP contribution in [0.2, 0.25) is 0 Å². The standard InChI is InChI=1S/C25H40N4O2S.C2H4O2/c1-24(2,3)29-13-11-20(12-14-29)26-22(32)19-7-9-21(10-8-19)27-15-17-28(18-16-27)23(30)31-25(4,5)6;1-2(3)4/h7-10,20H,11-18H2,1-6H3,(H,26,32);1H3,(H,3,4). The molecule has 0 atom stereocenters. The zero-order chi connectivity index (χ0) is 27.1. The van der Waals surface area contributed by atoms with E-state index in [2.05, 4.69) is 60.2 Å². The van der Waals surface area contributed by atoms with Gasteiger partial charge in [-0.25, -0.2) is 4.79 Å². The third-order valence-electron chi connectivity index (χ3n) is 6.20. The Morgan fingerprint density at radius 3 is 1.89 bits per heavy atom. The number of piperazine rings is 1. The van der Waals surface area contributed by atoms with Crippen molar-refractivity contribution in [3.05, 3.63) is 29.8 Å². The number of piperidine rings is 1. The Hall–Kier alpha value is -2.39. The third-order valence-corrected chi connectivity index (χ3v) is 6.56. The van der Waals surface area contributed by atoms with Gasteiger partial charge in [0.15, 0.2) is 0 Å². The van der Waals surface area contributed by atoms with E-state index in [0.29, 0.717) is 19.1 Å². The monoisotopic (exact) mass is 520 g/mol. The number of nitrogens with zero attached hydrogens (tertiary/aromatic N) is 3.